The summed E-state index contributed by atoms with van der Waals surface area (Å²) in [6.07, 6.45) is 34.9. The summed E-state index contributed by atoms with van der Waals surface area (Å²) in [4.78, 5) is 23.0. The second kappa shape index (κ2) is 24.0. The van der Waals surface area contributed by atoms with Crippen molar-refractivity contribution in [2.75, 3.05) is 0 Å². The van der Waals surface area contributed by atoms with Crippen molar-refractivity contribution in [3.63, 3.8) is 0 Å². The van der Waals surface area contributed by atoms with E-state index < -0.39 is 43.2 Å². The maximum absolute atomic E-state index is 14.3. The Morgan fingerprint density at radius 2 is 0.825 bits per heavy atom. The van der Waals surface area contributed by atoms with Gasteiger partial charge in [-0.1, -0.05) is 146 Å². The number of fused-ring (bicyclic) bond motifs is 3. The zero-order chi connectivity index (χ0) is 43.7. The monoisotopic (exact) mass is 1050 g/mol. The number of carbonyl (C=O) groups excluding carboxylic acids is 1. The van der Waals surface area contributed by atoms with Crippen molar-refractivity contribution < 1.29 is 86.0 Å². The first-order valence-electron chi connectivity index (χ1n) is 24.9. The van der Waals surface area contributed by atoms with Gasteiger partial charge in [-0.3, -0.25) is 4.79 Å². The van der Waals surface area contributed by atoms with Crippen LogP contribution in [0.5, 0.6) is 5.75 Å². The van der Waals surface area contributed by atoms with E-state index in [1.807, 2.05) is 0 Å². The molecule has 0 unspecified atom stereocenters. The number of carbonyl (C=O) groups is 1. The zero-order valence-corrected chi connectivity index (χ0v) is 41.8. The van der Waals surface area contributed by atoms with Crippen LogP contribution in [-0.4, -0.2) is 51.0 Å². The Balaban J connectivity index is 0.000000156. The number of rotatable bonds is 7. The molecule has 6 nitrogen and oxygen atoms in total. The Hall–Kier alpha value is -0.786. The summed E-state index contributed by atoms with van der Waals surface area (Å²) in [6, 6.07) is 9.51. The number of hydrogen-bond acceptors (Lipinski definition) is 6. The number of ketones is 1. The van der Waals surface area contributed by atoms with Crippen molar-refractivity contribution in [3.8, 4) is 5.75 Å². The molecule has 6 aliphatic rings. The van der Waals surface area contributed by atoms with Gasteiger partial charge in [-0.2, -0.15) is 13.2 Å². The third-order valence-electron chi connectivity index (χ3n) is 16.1. The minimum atomic E-state index is -5.28. The Morgan fingerprint density at radius 3 is 1.14 bits per heavy atom. The fourth-order valence-corrected chi connectivity index (χ4v) is 23.6. The molecule has 63 heavy (non-hydrogen) atoms. The molecule has 1 radical (unpaired) electrons. The predicted octanol–water partition coefficient (Wildman–Crippen LogP) is 16.1. The molecule has 1 heterocycles. The first kappa shape index (κ1) is 51.6. The molecule has 1 aromatic heterocycles. The van der Waals surface area contributed by atoms with Crippen molar-refractivity contribution in [1.29, 1.82) is 0 Å². The Bertz CT molecular complexity index is 1910. The van der Waals surface area contributed by atoms with Crippen molar-refractivity contribution in [3.05, 3.63) is 52.4 Å². The van der Waals surface area contributed by atoms with Crippen molar-refractivity contribution in [2.45, 2.75) is 233 Å². The SMILES string of the molecule is O=C(c1c(O)c2ccc3ccccc3c2oc1=O)C(F)(F)F.O=P(C1CCCCC1)(C1CCCCC1)C1CCCCC1.O=P(C1CCCCC1)(C1CCCCC1)C1CCCCC1.[Eu]. The van der Waals surface area contributed by atoms with Gasteiger partial charge in [0.2, 0.25) is 0 Å². The molecule has 9 rings (SSSR count). The van der Waals surface area contributed by atoms with E-state index in [0.717, 1.165) is 0 Å². The Kier molecular flexibility index (Phi) is 19.6. The van der Waals surface area contributed by atoms with Gasteiger partial charge in [0.15, 0.2) is 5.56 Å². The average molecular weight is 1050 g/mol. The van der Waals surface area contributed by atoms with Crippen LogP contribution in [0.1, 0.15) is 203 Å². The summed E-state index contributed by atoms with van der Waals surface area (Å²) in [7, 11) is -3.89. The minimum absolute atomic E-state index is 0. The van der Waals surface area contributed by atoms with Gasteiger partial charge in [-0.25, -0.2) is 4.79 Å². The summed E-state index contributed by atoms with van der Waals surface area (Å²) in [5.41, 5.74) is 0.762. The summed E-state index contributed by atoms with van der Waals surface area (Å²) >= 11 is 0. The zero-order valence-electron chi connectivity index (χ0n) is 37.5. The Morgan fingerprint density at radius 1 is 0.508 bits per heavy atom. The van der Waals surface area contributed by atoms with Crippen LogP contribution in [0, 0.1) is 49.4 Å². The van der Waals surface area contributed by atoms with E-state index in [2.05, 4.69) is 0 Å². The first-order chi connectivity index (χ1) is 29.9. The second-order valence-corrected chi connectivity index (χ2v) is 27.3. The molecule has 12 heteroatoms. The summed E-state index contributed by atoms with van der Waals surface area (Å²) < 4.78 is 70.9. The van der Waals surface area contributed by atoms with Gasteiger partial charge >= 0.3 is 11.8 Å². The molecule has 6 aliphatic carbocycles. The van der Waals surface area contributed by atoms with Crippen molar-refractivity contribution >= 4 is 41.8 Å². The number of alkyl halides is 3. The topological polar surface area (TPSA) is 102 Å². The van der Waals surface area contributed by atoms with E-state index in [4.69, 9.17) is 4.42 Å². The number of hydrogen-bond donors (Lipinski definition) is 1. The van der Waals surface area contributed by atoms with E-state index in [1.165, 1.54) is 199 Å². The molecule has 6 saturated carbocycles. The van der Waals surface area contributed by atoms with Crippen molar-refractivity contribution in [1.82, 2.24) is 0 Å². The van der Waals surface area contributed by atoms with Gasteiger partial charge in [0.25, 0.3) is 5.78 Å². The third kappa shape index (κ3) is 12.1. The van der Waals surface area contributed by atoms with Gasteiger partial charge in [-0.15, -0.1) is 0 Å². The molecule has 351 valence electrons. The molecule has 0 amide bonds. The summed E-state index contributed by atoms with van der Waals surface area (Å²) in [5.74, 6) is -3.46. The first-order valence-corrected chi connectivity index (χ1v) is 28.7. The molecule has 0 bridgehead atoms. The van der Waals surface area contributed by atoms with Gasteiger partial charge in [-0.05, 0) is 88.5 Å². The molecule has 2 aromatic carbocycles. The molecular weight excluding hydrogens is 979 g/mol. The maximum atomic E-state index is 14.3. The summed E-state index contributed by atoms with van der Waals surface area (Å²) in [6.45, 7) is 0. The van der Waals surface area contributed by atoms with E-state index in [-0.39, 0.29) is 60.3 Å². The van der Waals surface area contributed by atoms with Gasteiger partial charge in [0, 0.05) is 88.7 Å². The fraction of sp³-hybridized carbons (Fsp3) is 0.725. The molecule has 1 N–H and O–H groups in total. The summed E-state index contributed by atoms with van der Waals surface area (Å²) in [5, 5.41) is 10.9. The third-order valence-corrected chi connectivity index (χ3v) is 26.1. The van der Waals surface area contributed by atoms with Crippen LogP contribution >= 0.6 is 14.3 Å². The van der Waals surface area contributed by atoms with Crippen LogP contribution in [0.15, 0.2) is 45.6 Å². The number of benzene rings is 2. The standard InChI is InChI=1S/2C18H33OP.C15H7F3O4.Eu/c2*19-20(16-10-4-1-5-11-16,17-12-6-2-7-13-17)18-14-8-3-9-15-18;16-15(17,18)13(20)10-11(19)9-6-5-7-3-1-2-4-8(7)12(9)22-14(10)21;/h2*16-18H,1-15H2;1-6,19H;. The number of Topliss-reactive ketones (excluding diaryl/α,β-unsaturated/α-hetero) is 1. The molecule has 0 saturated heterocycles. The van der Waals surface area contributed by atoms with E-state index in [0.29, 0.717) is 44.7 Å². The van der Waals surface area contributed by atoms with E-state index in [9.17, 15) is 37.0 Å². The van der Waals surface area contributed by atoms with Gasteiger partial charge < -0.3 is 18.7 Å². The Labute approximate surface area is 415 Å². The maximum Gasteiger partial charge on any atom is 0.455 e. The van der Waals surface area contributed by atoms with E-state index in [1.54, 1.807) is 30.3 Å². The van der Waals surface area contributed by atoms with E-state index >= 15 is 0 Å². The number of halogens is 3. The largest absolute Gasteiger partial charge is 0.506 e. The molecule has 0 aliphatic heterocycles. The normalized spacial score (nSPS) is 22.3. The van der Waals surface area contributed by atoms with Crippen LogP contribution < -0.4 is 5.63 Å². The van der Waals surface area contributed by atoms with Crippen LogP contribution in [0.25, 0.3) is 21.7 Å². The van der Waals surface area contributed by atoms with Crippen molar-refractivity contribution in [2.24, 2.45) is 0 Å². The smallest absolute Gasteiger partial charge is 0.455 e. The second-order valence-electron chi connectivity index (χ2n) is 19.9. The van der Waals surface area contributed by atoms with Crippen LogP contribution in [0.3, 0.4) is 0 Å². The molecule has 3 aromatic rings. The number of aromatic hydroxyl groups is 1. The molecule has 0 atom stereocenters. The predicted molar refractivity (Wildman–Crippen MR) is 248 cm³/mol. The van der Waals surface area contributed by atoms with Crippen LogP contribution in [0.2, 0.25) is 0 Å². The van der Waals surface area contributed by atoms with Crippen LogP contribution in [0.4, 0.5) is 13.2 Å². The average Bonchev–Trinajstić information content (AvgIpc) is 3.32. The van der Waals surface area contributed by atoms with Gasteiger partial charge in [0.1, 0.15) is 11.3 Å². The fourth-order valence-electron chi connectivity index (χ4n) is 13.0. The van der Waals surface area contributed by atoms with Crippen LogP contribution in [-0.2, 0) is 9.13 Å². The molecule has 0 spiro atoms. The van der Waals surface area contributed by atoms with Gasteiger partial charge in [0.05, 0.1) is 19.7 Å². The quantitative estimate of drug-likeness (QED) is 0.109. The minimum Gasteiger partial charge on any atom is -0.506 e. The molecule has 6 fully saturated rings. The molecular formula is C51H73EuF3O6P2.